The molecule has 5 fully saturated rings. The van der Waals surface area contributed by atoms with E-state index in [9.17, 15) is 9.59 Å². The zero-order valence-electron chi connectivity index (χ0n) is 22.9. The maximum atomic E-state index is 13.3. The monoisotopic (exact) mass is 468 g/mol. The SMILES string of the molecule is C=C(C)[C@@H]1CC[C@]2(C(=O)OC)CC[C@]3(C)[C@H](CC[C@@H]4[C@@]5(C)CCC(=O)C(C)(C)[C@@H]5CC[C@]43C)[C@H]12. The molecule has 0 amide bonds. The fourth-order valence-corrected chi connectivity index (χ4v) is 11.5. The van der Waals surface area contributed by atoms with Gasteiger partial charge in [0.25, 0.3) is 0 Å². The molecule has 34 heavy (non-hydrogen) atoms. The molecule has 0 heterocycles. The first-order valence-corrected chi connectivity index (χ1v) is 14.1. The molecule has 5 aliphatic carbocycles. The Morgan fingerprint density at radius 3 is 2.24 bits per heavy atom. The van der Waals surface area contributed by atoms with Crippen molar-refractivity contribution < 1.29 is 14.3 Å². The van der Waals surface area contributed by atoms with Crippen LogP contribution in [0, 0.1) is 56.7 Å². The van der Waals surface area contributed by atoms with Gasteiger partial charge in [0.15, 0.2) is 0 Å². The Morgan fingerprint density at radius 2 is 1.59 bits per heavy atom. The third-order valence-corrected chi connectivity index (χ3v) is 13.4. The standard InChI is InChI=1S/C31H48O3/c1-19(2)20-11-16-31(26(33)34-8)18-17-29(6)21(25(20)31)9-10-23-28(5)14-13-24(32)27(3,4)22(28)12-15-30(23,29)7/h20-23,25H,1,9-18H2,2-8H3/t20-,21+,22-,23+,25-,28-,29+,30+,31-/m0/s1. The molecule has 3 nitrogen and oxygen atoms in total. The number of Topliss-reactive ketones (excluding diaryl/α,β-unsaturated/α-hetero) is 1. The van der Waals surface area contributed by atoms with Gasteiger partial charge < -0.3 is 4.74 Å². The minimum Gasteiger partial charge on any atom is -0.469 e. The number of rotatable bonds is 2. The van der Waals surface area contributed by atoms with Crippen molar-refractivity contribution >= 4 is 11.8 Å². The Balaban J connectivity index is 1.57. The summed E-state index contributed by atoms with van der Waals surface area (Å²) in [7, 11) is 1.59. The molecule has 0 aromatic rings. The van der Waals surface area contributed by atoms with Crippen molar-refractivity contribution in [2.75, 3.05) is 7.11 Å². The lowest BCUT2D eigenvalue weighted by molar-refractivity contribution is -0.235. The fourth-order valence-electron chi connectivity index (χ4n) is 11.5. The second-order valence-electron chi connectivity index (χ2n) is 14.5. The predicted molar refractivity (Wildman–Crippen MR) is 136 cm³/mol. The molecule has 0 aromatic heterocycles. The average Bonchev–Trinajstić information content (AvgIpc) is 3.18. The third-order valence-electron chi connectivity index (χ3n) is 13.4. The minimum absolute atomic E-state index is 0.0405. The van der Waals surface area contributed by atoms with E-state index >= 15 is 0 Å². The Bertz CT molecular complexity index is 918. The summed E-state index contributed by atoms with van der Waals surface area (Å²) in [5.74, 6) is 3.01. The molecule has 0 unspecified atom stereocenters. The molecular formula is C31H48O3. The smallest absolute Gasteiger partial charge is 0.312 e. The zero-order chi connectivity index (χ0) is 24.9. The highest BCUT2D eigenvalue weighted by Gasteiger charge is 2.72. The lowest BCUT2D eigenvalue weighted by Gasteiger charge is -2.72. The largest absolute Gasteiger partial charge is 0.469 e. The zero-order valence-corrected chi connectivity index (χ0v) is 22.9. The first-order chi connectivity index (χ1) is 15.8. The van der Waals surface area contributed by atoms with E-state index < -0.39 is 0 Å². The van der Waals surface area contributed by atoms with E-state index in [-0.39, 0.29) is 33.0 Å². The van der Waals surface area contributed by atoms with Crippen LogP contribution in [0.5, 0.6) is 0 Å². The van der Waals surface area contributed by atoms with Gasteiger partial charge in [-0.1, -0.05) is 46.8 Å². The number of hydrogen-bond donors (Lipinski definition) is 0. The number of fused-ring (bicyclic) bond motifs is 7. The quantitative estimate of drug-likeness (QED) is 0.313. The molecule has 3 heteroatoms. The molecular weight excluding hydrogens is 420 g/mol. The summed E-state index contributed by atoms with van der Waals surface area (Å²) in [4.78, 5) is 26.3. The van der Waals surface area contributed by atoms with Crippen LogP contribution in [0.4, 0.5) is 0 Å². The van der Waals surface area contributed by atoms with Gasteiger partial charge in [-0.05, 0) is 111 Å². The number of methoxy groups -OCH3 is 1. The summed E-state index contributed by atoms with van der Waals surface area (Å²) >= 11 is 0. The Labute approximate surface area is 207 Å². The summed E-state index contributed by atoms with van der Waals surface area (Å²) in [6.45, 7) is 18.8. The van der Waals surface area contributed by atoms with E-state index in [1.165, 1.54) is 31.3 Å². The Morgan fingerprint density at radius 1 is 0.882 bits per heavy atom. The maximum absolute atomic E-state index is 13.3. The average molecular weight is 469 g/mol. The molecule has 0 aromatic carbocycles. The lowest BCUT2D eigenvalue weighted by Crippen LogP contribution is -2.66. The van der Waals surface area contributed by atoms with Crippen molar-refractivity contribution in [3.05, 3.63) is 12.2 Å². The molecule has 0 N–H and O–H groups in total. The van der Waals surface area contributed by atoms with Crippen LogP contribution in [0.15, 0.2) is 12.2 Å². The van der Waals surface area contributed by atoms with Crippen LogP contribution < -0.4 is 0 Å². The minimum atomic E-state index is -0.313. The third kappa shape index (κ3) is 2.76. The van der Waals surface area contributed by atoms with Crippen LogP contribution in [0.2, 0.25) is 0 Å². The van der Waals surface area contributed by atoms with Crippen LogP contribution in [-0.2, 0) is 14.3 Å². The second kappa shape index (κ2) is 7.45. The van der Waals surface area contributed by atoms with E-state index in [4.69, 9.17) is 4.74 Å². The summed E-state index contributed by atoms with van der Waals surface area (Å²) in [5, 5.41) is 0. The molecule has 190 valence electrons. The Hall–Kier alpha value is -1.12. The highest BCUT2D eigenvalue weighted by atomic mass is 16.5. The van der Waals surface area contributed by atoms with Gasteiger partial charge in [-0.2, -0.15) is 0 Å². The number of ketones is 1. The van der Waals surface area contributed by atoms with E-state index in [0.717, 1.165) is 38.5 Å². The highest BCUT2D eigenvalue weighted by molar-refractivity contribution is 5.85. The maximum Gasteiger partial charge on any atom is 0.312 e. The van der Waals surface area contributed by atoms with Gasteiger partial charge in [-0.15, -0.1) is 0 Å². The van der Waals surface area contributed by atoms with Crippen molar-refractivity contribution in [3.63, 3.8) is 0 Å². The molecule has 9 atom stereocenters. The topological polar surface area (TPSA) is 43.4 Å². The number of hydrogen-bond acceptors (Lipinski definition) is 3. The van der Waals surface area contributed by atoms with E-state index in [1.54, 1.807) is 7.11 Å². The van der Waals surface area contributed by atoms with Crippen LogP contribution in [0.3, 0.4) is 0 Å². The van der Waals surface area contributed by atoms with Gasteiger partial charge >= 0.3 is 5.97 Å². The van der Waals surface area contributed by atoms with Gasteiger partial charge in [0.05, 0.1) is 12.5 Å². The summed E-state index contributed by atoms with van der Waals surface area (Å²) in [6, 6.07) is 0. The molecule has 5 saturated carbocycles. The first kappa shape index (κ1) is 24.6. The first-order valence-electron chi connectivity index (χ1n) is 14.1. The molecule has 5 rings (SSSR count). The predicted octanol–water partition coefficient (Wildman–Crippen LogP) is 7.39. The number of carbonyl (C=O) groups excluding carboxylic acids is 2. The van der Waals surface area contributed by atoms with E-state index in [1.807, 2.05) is 0 Å². The highest BCUT2D eigenvalue weighted by Crippen LogP contribution is 2.77. The number of esters is 1. The number of ether oxygens (including phenoxy) is 1. The summed E-state index contributed by atoms with van der Waals surface area (Å²) < 4.78 is 5.49. The number of allylic oxidation sites excluding steroid dienone is 1. The molecule has 0 radical (unpaired) electrons. The van der Waals surface area contributed by atoms with E-state index in [0.29, 0.717) is 35.4 Å². The number of carbonyl (C=O) groups is 2. The van der Waals surface area contributed by atoms with Gasteiger partial charge in [0.1, 0.15) is 5.78 Å². The van der Waals surface area contributed by atoms with Crippen LogP contribution in [0.1, 0.15) is 106 Å². The van der Waals surface area contributed by atoms with Crippen LogP contribution in [-0.4, -0.2) is 18.9 Å². The van der Waals surface area contributed by atoms with Crippen LogP contribution in [0.25, 0.3) is 0 Å². The van der Waals surface area contributed by atoms with Gasteiger partial charge in [-0.3, -0.25) is 9.59 Å². The summed E-state index contributed by atoms with van der Waals surface area (Å²) in [5.41, 5.74) is 1.45. The second-order valence-corrected chi connectivity index (χ2v) is 14.5. The summed E-state index contributed by atoms with van der Waals surface area (Å²) in [6.07, 6.45) is 10.8. The van der Waals surface area contributed by atoms with Gasteiger partial charge in [0.2, 0.25) is 0 Å². The Kier molecular flexibility index (Phi) is 5.38. The molecule has 5 aliphatic rings. The normalized spacial score (nSPS) is 51.5. The van der Waals surface area contributed by atoms with Crippen molar-refractivity contribution in [2.24, 2.45) is 56.7 Å². The molecule has 0 spiro atoms. The van der Waals surface area contributed by atoms with Gasteiger partial charge in [0, 0.05) is 11.8 Å². The van der Waals surface area contributed by atoms with E-state index in [2.05, 4.69) is 48.1 Å². The fraction of sp³-hybridized carbons (Fsp3) is 0.871. The van der Waals surface area contributed by atoms with Crippen molar-refractivity contribution in [1.29, 1.82) is 0 Å². The van der Waals surface area contributed by atoms with Crippen molar-refractivity contribution in [1.82, 2.24) is 0 Å². The van der Waals surface area contributed by atoms with Gasteiger partial charge in [-0.25, -0.2) is 0 Å². The van der Waals surface area contributed by atoms with Crippen molar-refractivity contribution in [3.8, 4) is 0 Å². The van der Waals surface area contributed by atoms with Crippen LogP contribution >= 0.6 is 0 Å². The molecule has 0 aliphatic heterocycles. The lowest BCUT2D eigenvalue weighted by atomic mass is 9.32. The van der Waals surface area contributed by atoms with Crippen molar-refractivity contribution in [2.45, 2.75) is 106 Å². The molecule has 0 saturated heterocycles. The molecule has 0 bridgehead atoms.